The van der Waals surface area contributed by atoms with E-state index in [1.54, 1.807) is 0 Å². The molecule has 0 aliphatic carbocycles. The monoisotopic (exact) mass is 260 g/mol. The normalized spacial score (nSPS) is 10.7. The van der Waals surface area contributed by atoms with Crippen LogP contribution in [0, 0.1) is 6.92 Å². The molecule has 0 bridgehead atoms. The first-order valence-corrected chi connectivity index (χ1v) is 6.87. The van der Waals surface area contributed by atoms with E-state index >= 15 is 0 Å². The highest BCUT2D eigenvalue weighted by molar-refractivity contribution is 5.85. The van der Waals surface area contributed by atoms with Crippen molar-refractivity contribution in [2.75, 3.05) is 0 Å². The zero-order chi connectivity index (χ0) is 13.9. The first-order chi connectivity index (χ1) is 9.78. The third-order valence-electron chi connectivity index (χ3n) is 3.73. The predicted octanol–water partition coefficient (Wildman–Crippen LogP) is 4.13. The van der Waals surface area contributed by atoms with Gasteiger partial charge < -0.3 is 0 Å². The van der Waals surface area contributed by atoms with Gasteiger partial charge in [0.05, 0.1) is 0 Å². The first-order valence-electron chi connectivity index (χ1n) is 6.87. The summed E-state index contributed by atoms with van der Waals surface area (Å²) in [6.45, 7) is 6.87. The van der Waals surface area contributed by atoms with Crippen LogP contribution in [0.25, 0.3) is 16.8 Å². The van der Waals surface area contributed by atoms with E-state index in [9.17, 15) is 0 Å². The summed E-state index contributed by atoms with van der Waals surface area (Å²) in [5, 5.41) is 2.62. The number of nitrogens with zero attached hydrogens (tertiary/aromatic N) is 1. The summed E-state index contributed by atoms with van der Waals surface area (Å²) >= 11 is 0. The van der Waals surface area contributed by atoms with Crippen molar-refractivity contribution >= 4 is 16.8 Å². The SMILES string of the molecule is C=Cc1ccc(C)[n+](Cc2cccc3ccccc23)c1. The molecule has 1 heterocycles. The molecule has 1 nitrogen and oxygen atoms in total. The van der Waals surface area contributed by atoms with Crippen LogP contribution in [0.15, 0.2) is 67.4 Å². The molecule has 0 saturated carbocycles. The Morgan fingerprint density at radius 1 is 1.00 bits per heavy atom. The number of pyridine rings is 1. The van der Waals surface area contributed by atoms with Gasteiger partial charge in [0.1, 0.15) is 0 Å². The van der Waals surface area contributed by atoms with Gasteiger partial charge in [0.25, 0.3) is 0 Å². The van der Waals surface area contributed by atoms with E-state index < -0.39 is 0 Å². The summed E-state index contributed by atoms with van der Waals surface area (Å²) in [6, 6.07) is 19.3. The number of benzene rings is 2. The number of aromatic nitrogens is 1. The number of hydrogen-bond acceptors (Lipinski definition) is 0. The third kappa shape index (κ3) is 2.35. The van der Waals surface area contributed by atoms with E-state index in [0.29, 0.717) is 0 Å². The second-order valence-electron chi connectivity index (χ2n) is 5.07. The number of aryl methyl sites for hydroxylation is 1. The Balaban J connectivity index is 2.07. The van der Waals surface area contributed by atoms with Gasteiger partial charge in [-0.3, -0.25) is 0 Å². The molecular weight excluding hydrogens is 242 g/mol. The lowest BCUT2D eigenvalue weighted by Gasteiger charge is -2.06. The van der Waals surface area contributed by atoms with E-state index in [0.717, 1.165) is 12.1 Å². The Labute approximate surface area is 119 Å². The minimum Gasteiger partial charge on any atom is -0.198 e. The molecule has 0 radical (unpaired) electrons. The molecular formula is C19H18N+. The molecule has 0 aliphatic heterocycles. The lowest BCUT2D eigenvalue weighted by Crippen LogP contribution is -2.37. The van der Waals surface area contributed by atoms with Crippen molar-refractivity contribution in [3.63, 3.8) is 0 Å². The van der Waals surface area contributed by atoms with Crippen LogP contribution < -0.4 is 4.57 Å². The van der Waals surface area contributed by atoms with Crippen LogP contribution in [0.3, 0.4) is 0 Å². The van der Waals surface area contributed by atoms with E-state index in [1.807, 2.05) is 6.08 Å². The van der Waals surface area contributed by atoms with Crippen molar-refractivity contribution in [3.8, 4) is 0 Å². The lowest BCUT2D eigenvalue weighted by molar-refractivity contribution is -0.694. The zero-order valence-electron chi connectivity index (χ0n) is 11.7. The molecule has 0 aliphatic rings. The van der Waals surface area contributed by atoms with Crippen molar-refractivity contribution in [1.82, 2.24) is 0 Å². The molecule has 0 spiro atoms. The van der Waals surface area contributed by atoms with Crippen LogP contribution >= 0.6 is 0 Å². The molecule has 0 unspecified atom stereocenters. The molecule has 0 atom stereocenters. The van der Waals surface area contributed by atoms with Gasteiger partial charge in [-0.05, 0) is 16.8 Å². The highest BCUT2D eigenvalue weighted by Gasteiger charge is 2.10. The van der Waals surface area contributed by atoms with Crippen LogP contribution in [0.5, 0.6) is 0 Å². The predicted molar refractivity (Wildman–Crippen MR) is 84.5 cm³/mol. The summed E-state index contributed by atoms with van der Waals surface area (Å²) < 4.78 is 2.28. The number of rotatable bonds is 3. The highest BCUT2D eigenvalue weighted by Crippen LogP contribution is 2.18. The van der Waals surface area contributed by atoms with Crippen LogP contribution in [-0.4, -0.2) is 0 Å². The summed E-state index contributed by atoms with van der Waals surface area (Å²) in [6.07, 6.45) is 4.04. The van der Waals surface area contributed by atoms with Gasteiger partial charge >= 0.3 is 0 Å². The molecule has 3 aromatic rings. The quantitative estimate of drug-likeness (QED) is 0.623. The van der Waals surface area contributed by atoms with E-state index in [2.05, 4.69) is 78.9 Å². The Hall–Kier alpha value is -2.41. The molecule has 0 saturated heterocycles. The van der Waals surface area contributed by atoms with Crippen LogP contribution in [-0.2, 0) is 6.54 Å². The van der Waals surface area contributed by atoms with Crippen LogP contribution in [0.1, 0.15) is 16.8 Å². The number of hydrogen-bond donors (Lipinski definition) is 0. The smallest absolute Gasteiger partial charge is 0.178 e. The lowest BCUT2D eigenvalue weighted by atomic mass is 10.0. The van der Waals surface area contributed by atoms with Gasteiger partial charge in [-0.15, -0.1) is 0 Å². The molecule has 1 heteroatoms. The largest absolute Gasteiger partial charge is 0.198 e. The van der Waals surface area contributed by atoms with Gasteiger partial charge in [0.15, 0.2) is 18.4 Å². The van der Waals surface area contributed by atoms with Gasteiger partial charge in [-0.25, -0.2) is 0 Å². The second kappa shape index (κ2) is 5.30. The van der Waals surface area contributed by atoms with Crippen LogP contribution in [0.4, 0.5) is 0 Å². The molecule has 2 aromatic carbocycles. The number of fused-ring (bicyclic) bond motifs is 1. The topological polar surface area (TPSA) is 3.88 Å². The van der Waals surface area contributed by atoms with Crippen molar-refractivity contribution in [1.29, 1.82) is 0 Å². The maximum Gasteiger partial charge on any atom is 0.178 e. The Morgan fingerprint density at radius 2 is 1.80 bits per heavy atom. The third-order valence-corrected chi connectivity index (χ3v) is 3.73. The molecule has 1 aromatic heterocycles. The summed E-state index contributed by atoms with van der Waals surface area (Å²) in [4.78, 5) is 0. The Bertz CT molecular complexity index is 766. The van der Waals surface area contributed by atoms with Gasteiger partial charge in [0, 0.05) is 24.1 Å². The molecule has 98 valence electrons. The van der Waals surface area contributed by atoms with Gasteiger partial charge in [0.2, 0.25) is 0 Å². The minimum atomic E-state index is 0.884. The molecule has 0 N–H and O–H groups in total. The maximum absolute atomic E-state index is 3.85. The van der Waals surface area contributed by atoms with Crippen molar-refractivity contribution < 1.29 is 4.57 Å². The second-order valence-corrected chi connectivity index (χ2v) is 5.07. The van der Waals surface area contributed by atoms with E-state index in [-0.39, 0.29) is 0 Å². The highest BCUT2D eigenvalue weighted by atomic mass is 14.9. The average Bonchev–Trinajstić information content (AvgIpc) is 2.50. The molecule has 0 fully saturated rings. The van der Waals surface area contributed by atoms with E-state index in [1.165, 1.54) is 22.0 Å². The van der Waals surface area contributed by atoms with Crippen molar-refractivity contribution in [2.45, 2.75) is 13.5 Å². The minimum absolute atomic E-state index is 0.884. The zero-order valence-corrected chi connectivity index (χ0v) is 11.7. The van der Waals surface area contributed by atoms with Gasteiger partial charge in [-0.2, -0.15) is 4.57 Å². The summed E-state index contributed by atoms with van der Waals surface area (Å²) in [5.74, 6) is 0. The van der Waals surface area contributed by atoms with Crippen LogP contribution in [0.2, 0.25) is 0 Å². The van der Waals surface area contributed by atoms with E-state index in [4.69, 9.17) is 0 Å². The standard InChI is InChI=1S/C19H18N/c1-3-16-12-11-15(2)20(13-16)14-18-9-6-8-17-7-4-5-10-19(17)18/h3-13H,1,14H2,2H3/q+1. The summed E-state index contributed by atoms with van der Waals surface area (Å²) in [5.41, 5.74) is 3.75. The summed E-state index contributed by atoms with van der Waals surface area (Å²) in [7, 11) is 0. The fourth-order valence-electron chi connectivity index (χ4n) is 2.54. The molecule has 0 amide bonds. The fraction of sp³-hybridized carbons (Fsp3) is 0.105. The molecule has 20 heavy (non-hydrogen) atoms. The first kappa shape index (κ1) is 12.6. The van der Waals surface area contributed by atoms with Gasteiger partial charge in [-0.1, -0.05) is 55.1 Å². The van der Waals surface area contributed by atoms with Crippen molar-refractivity contribution in [3.05, 3.63) is 84.2 Å². The average molecular weight is 260 g/mol. The fourth-order valence-corrected chi connectivity index (χ4v) is 2.54. The van der Waals surface area contributed by atoms with Crippen molar-refractivity contribution in [2.24, 2.45) is 0 Å². The maximum atomic E-state index is 3.85. The molecule has 3 rings (SSSR count). The Kier molecular flexibility index (Phi) is 3.34. The Morgan fingerprint density at radius 3 is 2.65 bits per heavy atom.